The molecule has 0 spiro atoms. The van der Waals surface area contributed by atoms with Crippen molar-refractivity contribution in [3.63, 3.8) is 0 Å². The quantitative estimate of drug-likeness (QED) is 0.233. The van der Waals surface area contributed by atoms with Gasteiger partial charge in [0.05, 0.1) is 0 Å². The number of rotatable bonds is 2. The van der Waals surface area contributed by atoms with Crippen molar-refractivity contribution in [3.8, 4) is 0 Å². The summed E-state index contributed by atoms with van der Waals surface area (Å²) in [6.07, 6.45) is -1.25. The van der Waals surface area contributed by atoms with Crippen LogP contribution in [0.3, 0.4) is 0 Å². The van der Waals surface area contributed by atoms with E-state index < -0.39 is 20.3 Å². The molecule has 0 saturated heterocycles. The van der Waals surface area contributed by atoms with Gasteiger partial charge in [0.25, 0.3) is 0 Å². The van der Waals surface area contributed by atoms with Crippen LogP contribution in [-0.2, 0) is 4.57 Å². The van der Waals surface area contributed by atoms with Gasteiger partial charge in [-0.3, -0.25) is 5.32 Å². The molecule has 0 aromatic rings. The van der Waals surface area contributed by atoms with Crippen molar-refractivity contribution in [2.24, 2.45) is 0 Å². The molecular formula is C4H14NO6P. The van der Waals surface area contributed by atoms with Gasteiger partial charge in [0.15, 0.2) is 0 Å². The summed E-state index contributed by atoms with van der Waals surface area (Å²) >= 11 is 0. The summed E-state index contributed by atoms with van der Waals surface area (Å²) in [6, 6.07) is 0. The van der Waals surface area contributed by atoms with E-state index in [-0.39, 0.29) is 0 Å². The van der Waals surface area contributed by atoms with E-state index in [1.54, 1.807) is 13.8 Å². The molecule has 6 N–H and O–H groups in total. The molecule has 0 rings (SSSR count). The van der Waals surface area contributed by atoms with Crippen LogP contribution in [0.4, 0.5) is 0 Å². The molecule has 0 aliphatic carbocycles. The number of aliphatic hydroxyl groups excluding tert-OH is 2. The fourth-order valence-corrected chi connectivity index (χ4v) is 0.349. The lowest BCUT2D eigenvalue weighted by molar-refractivity contribution is 0.0632. The van der Waals surface area contributed by atoms with Crippen LogP contribution in [0.25, 0.3) is 0 Å². The van der Waals surface area contributed by atoms with Crippen molar-refractivity contribution >= 4 is 7.82 Å². The van der Waals surface area contributed by atoms with E-state index in [0.717, 1.165) is 0 Å². The summed E-state index contributed by atoms with van der Waals surface area (Å²) in [5.74, 6) is 0. The van der Waals surface area contributed by atoms with Gasteiger partial charge in [-0.15, -0.1) is 0 Å². The van der Waals surface area contributed by atoms with Gasteiger partial charge in [-0.2, -0.15) is 0 Å². The Hall–Kier alpha value is -0.0100. The van der Waals surface area contributed by atoms with E-state index in [2.05, 4.69) is 5.32 Å². The van der Waals surface area contributed by atoms with E-state index >= 15 is 0 Å². The third-order valence-electron chi connectivity index (χ3n) is 0.482. The fraction of sp³-hybridized carbons (Fsp3) is 1.00. The summed E-state index contributed by atoms with van der Waals surface area (Å²) < 4.78 is 8.88. The van der Waals surface area contributed by atoms with Crippen LogP contribution in [0.1, 0.15) is 13.8 Å². The monoisotopic (exact) mass is 203 g/mol. The Bertz CT molecular complexity index is 128. The fourth-order valence-electron chi connectivity index (χ4n) is 0.349. The minimum absolute atomic E-state index is 0.625. The SMILES string of the molecule is CC(O)NC(C)O.O=P(O)(O)O. The van der Waals surface area contributed by atoms with E-state index in [0.29, 0.717) is 0 Å². The van der Waals surface area contributed by atoms with Crippen LogP contribution in [0.2, 0.25) is 0 Å². The van der Waals surface area contributed by atoms with Gasteiger partial charge < -0.3 is 24.9 Å². The molecule has 0 fully saturated rings. The van der Waals surface area contributed by atoms with Crippen LogP contribution < -0.4 is 5.32 Å². The molecule has 0 heterocycles. The van der Waals surface area contributed by atoms with Gasteiger partial charge in [-0.25, -0.2) is 4.57 Å². The van der Waals surface area contributed by atoms with Crippen LogP contribution in [0, 0.1) is 0 Å². The first-order valence-electron chi connectivity index (χ1n) is 3.03. The number of hydrogen-bond donors (Lipinski definition) is 6. The molecular weight excluding hydrogens is 189 g/mol. The van der Waals surface area contributed by atoms with Gasteiger partial charge in [0.2, 0.25) is 0 Å². The molecule has 0 aromatic heterocycles. The molecule has 2 atom stereocenters. The zero-order chi connectivity index (χ0) is 10.4. The van der Waals surface area contributed by atoms with E-state index in [9.17, 15) is 0 Å². The van der Waals surface area contributed by atoms with Crippen molar-refractivity contribution in [2.45, 2.75) is 26.3 Å². The third kappa shape index (κ3) is 50.7. The molecule has 0 amide bonds. The molecule has 7 nitrogen and oxygen atoms in total. The van der Waals surface area contributed by atoms with Gasteiger partial charge in [-0.1, -0.05) is 0 Å². The van der Waals surface area contributed by atoms with Crippen molar-refractivity contribution in [3.05, 3.63) is 0 Å². The molecule has 76 valence electrons. The second-order valence-electron chi connectivity index (χ2n) is 2.03. The standard InChI is InChI=1S/C4H11NO2.H3O4P/c1-3(6)5-4(2)7;1-5(2,3)4/h3-7H,1-2H3;(H3,1,2,3,4). The van der Waals surface area contributed by atoms with E-state index in [1.807, 2.05) is 0 Å². The highest BCUT2D eigenvalue weighted by Gasteiger charge is 2.00. The Balaban J connectivity index is 0. The first kappa shape index (κ1) is 14.5. The second kappa shape index (κ2) is 6.50. The van der Waals surface area contributed by atoms with Crippen LogP contribution >= 0.6 is 7.82 Å². The van der Waals surface area contributed by atoms with Crippen molar-refractivity contribution in [2.75, 3.05) is 0 Å². The largest absolute Gasteiger partial charge is 0.466 e. The summed E-state index contributed by atoms with van der Waals surface area (Å²) in [5.41, 5.74) is 0. The predicted octanol–water partition coefficient (Wildman–Crippen LogP) is -1.68. The summed E-state index contributed by atoms with van der Waals surface area (Å²) in [4.78, 5) is 21.6. The average Bonchev–Trinajstić information content (AvgIpc) is 1.52. The van der Waals surface area contributed by atoms with Crippen LogP contribution in [-0.4, -0.2) is 37.3 Å². The normalized spacial score (nSPS) is 15.9. The topological polar surface area (TPSA) is 130 Å². The zero-order valence-corrected chi connectivity index (χ0v) is 7.64. The Morgan fingerprint density at radius 2 is 1.25 bits per heavy atom. The molecule has 0 aliphatic heterocycles. The van der Waals surface area contributed by atoms with Gasteiger partial charge in [-0.05, 0) is 13.8 Å². The summed E-state index contributed by atoms with van der Waals surface area (Å²) in [5, 5.41) is 19.3. The lowest BCUT2D eigenvalue weighted by Crippen LogP contribution is -2.33. The van der Waals surface area contributed by atoms with E-state index in [1.165, 1.54) is 0 Å². The highest BCUT2D eigenvalue weighted by Crippen LogP contribution is 2.25. The first-order chi connectivity index (χ1) is 5.13. The lowest BCUT2D eigenvalue weighted by atomic mass is 10.6. The Morgan fingerprint density at radius 1 is 1.08 bits per heavy atom. The van der Waals surface area contributed by atoms with Crippen molar-refractivity contribution in [1.29, 1.82) is 0 Å². The molecule has 0 aromatic carbocycles. The maximum atomic E-state index is 8.88. The molecule has 0 radical (unpaired) electrons. The average molecular weight is 203 g/mol. The minimum atomic E-state index is -4.64. The molecule has 0 aliphatic rings. The van der Waals surface area contributed by atoms with Gasteiger partial charge in [0, 0.05) is 0 Å². The van der Waals surface area contributed by atoms with Crippen LogP contribution in [0.15, 0.2) is 0 Å². The van der Waals surface area contributed by atoms with E-state index in [4.69, 9.17) is 29.5 Å². The van der Waals surface area contributed by atoms with Crippen LogP contribution in [0.5, 0.6) is 0 Å². The molecule has 2 unspecified atom stereocenters. The molecule has 12 heavy (non-hydrogen) atoms. The zero-order valence-electron chi connectivity index (χ0n) is 6.75. The first-order valence-corrected chi connectivity index (χ1v) is 4.60. The minimum Gasteiger partial charge on any atom is -0.379 e. The Labute approximate surface area is 69.9 Å². The predicted molar refractivity (Wildman–Crippen MR) is 40.8 cm³/mol. The Kier molecular flexibility index (Phi) is 7.86. The summed E-state index contributed by atoms with van der Waals surface area (Å²) in [6.45, 7) is 3.10. The second-order valence-corrected chi connectivity index (χ2v) is 3.06. The number of phosphoric acid groups is 1. The van der Waals surface area contributed by atoms with Crippen molar-refractivity contribution < 1.29 is 29.5 Å². The maximum absolute atomic E-state index is 8.88. The van der Waals surface area contributed by atoms with Gasteiger partial charge >= 0.3 is 7.82 Å². The number of aliphatic hydroxyl groups is 2. The Morgan fingerprint density at radius 3 is 1.25 bits per heavy atom. The van der Waals surface area contributed by atoms with Gasteiger partial charge in [0.1, 0.15) is 12.5 Å². The molecule has 8 heteroatoms. The smallest absolute Gasteiger partial charge is 0.379 e. The highest BCUT2D eigenvalue weighted by molar-refractivity contribution is 7.45. The maximum Gasteiger partial charge on any atom is 0.466 e. The number of hydrogen-bond acceptors (Lipinski definition) is 4. The number of nitrogens with one attached hydrogen (secondary N) is 1. The molecule has 0 saturated carbocycles. The van der Waals surface area contributed by atoms with Crippen molar-refractivity contribution in [1.82, 2.24) is 5.32 Å². The molecule has 0 bridgehead atoms. The lowest BCUT2D eigenvalue weighted by Gasteiger charge is -2.08. The highest BCUT2D eigenvalue weighted by atomic mass is 31.2. The third-order valence-corrected chi connectivity index (χ3v) is 0.482. The summed E-state index contributed by atoms with van der Waals surface area (Å²) in [7, 11) is -4.64.